The Hall–Kier alpha value is -4.65. The van der Waals surface area contributed by atoms with Crippen LogP contribution in [-0.4, -0.2) is 125 Å². The van der Waals surface area contributed by atoms with Gasteiger partial charge in [-0.05, 0) is 167 Å². The van der Waals surface area contributed by atoms with Crippen molar-refractivity contribution in [2.24, 2.45) is 0 Å². The molecule has 7 N–H and O–H groups in total. The number of carbonyl (C=O) groups excluding carboxylic acids is 1. The molecule has 0 amide bonds. The van der Waals surface area contributed by atoms with Gasteiger partial charge in [-0.2, -0.15) is 0 Å². The van der Waals surface area contributed by atoms with Crippen LogP contribution in [0, 0.1) is 0 Å². The topological polar surface area (TPSA) is 216 Å². The molecular weight excluding hydrogens is 994 g/mol. The predicted octanol–water partition coefficient (Wildman–Crippen LogP) is 8.47. The molecule has 2 aromatic heterocycles. The van der Waals surface area contributed by atoms with Crippen molar-refractivity contribution in [1.82, 2.24) is 20.2 Å². The fourth-order valence-electron chi connectivity index (χ4n) is 10.1. The average molecular weight is 1080 g/mol. The van der Waals surface area contributed by atoms with E-state index in [0.29, 0.717) is 29.9 Å². The average Bonchev–Trinajstić information content (AvgIpc) is 4.34. The number of unbranched alkanes of at least 4 members (excludes halogenated alkanes) is 4. The zero-order valence-electron chi connectivity index (χ0n) is 42.8. The number of hydrogen-bond acceptors (Lipinski definition) is 13. The Morgan fingerprint density at radius 3 is 1.73 bits per heavy atom. The Kier molecular flexibility index (Phi) is 28.1. The van der Waals surface area contributed by atoms with E-state index in [1.807, 2.05) is 36.4 Å². The van der Waals surface area contributed by atoms with E-state index in [-0.39, 0.29) is 44.6 Å². The molecule has 2 saturated heterocycles. The van der Waals surface area contributed by atoms with Gasteiger partial charge in [-0.1, -0.05) is 80.9 Å². The zero-order chi connectivity index (χ0) is 50.5. The third-order valence-corrected chi connectivity index (χ3v) is 14.3. The number of nitrogens with one attached hydrogen (secondary N) is 3. The van der Waals surface area contributed by atoms with Gasteiger partial charge in [0.1, 0.15) is 17.7 Å². The molecule has 2 aromatic carbocycles. The lowest BCUT2D eigenvalue weighted by Gasteiger charge is -2.26. The number of aromatic nitrogens is 2. The number of aliphatic carboxylic acids is 2. The molecule has 18 heteroatoms. The van der Waals surface area contributed by atoms with Crippen molar-refractivity contribution >= 4 is 67.3 Å². The quantitative estimate of drug-likeness (QED) is 0.0180. The van der Waals surface area contributed by atoms with Gasteiger partial charge in [0.25, 0.3) is 0 Å². The van der Waals surface area contributed by atoms with E-state index in [1.54, 1.807) is 6.07 Å². The van der Waals surface area contributed by atoms with Crippen LogP contribution in [0.3, 0.4) is 0 Å². The summed E-state index contributed by atoms with van der Waals surface area (Å²) in [7, 11) is -1.32. The number of benzene rings is 2. The first kappa shape index (κ1) is 62.9. The fourth-order valence-corrected chi connectivity index (χ4v) is 10.1. The van der Waals surface area contributed by atoms with Crippen molar-refractivity contribution in [1.29, 1.82) is 0 Å². The number of ether oxygens (including phenoxy) is 2. The lowest BCUT2D eigenvalue weighted by molar-refractivity contribution is -0.143. The normalized spacial score (nSPS) is 18.5. The van der Waals surface area contributed by atoms with Crippen molar-refractivity contribution in [3.05, 3.63) is 112 Å². The molecule has 2 aliphatic carbocycles. The molecule has 10 rings (SSSR count). The summed E-state index contributed by atoms with van der Waals surface area (Å²) in [6, 6.07) is 23.9. The minimum atomic E-state index is -1.43. The van der Waals surface area contributed by atoms with Gasteiger partial charge >= 0.3 is 19.1 Å². The number of nitrogens with zero attached hydrogens (tertiary/aromatic N) is 3. The highest BCUT2D eigenvalue weighted by Crippen LogP contribution is 2.44. The van der Waals surface area contributed by atoms with E-state index in [4.69, 9.17) is 44.2 Å². The number of aldehydes is 1. The first-order chi connectivity index (χ1) is 35.2. The second kappa shape index (κ2) is 33.5. The van der Waals surface area contributed by atoms with Crippen LogP contribution in [0.25, 0.3) is 0 Å². The van der Waals surface area contributed by atoms with Crippen molar-refractivity contribution in [3.63, 3.8) is 0 Å². The number of rotatable bonds is 21. The van der Waals surface area contributed by atoms with Gasteiger partial charge in [0.15, 0.2) is 0 Å². The number of likely N-dealkylation sites (tertiary alicyclic amines) is 1. The maximum Gasteiger partial charge on any atom is 0.488 e. The third-order valence-electron chi connectivity index (χ3n) is 14.3. The highest BCUT2D eigenvalue weighted by atomic mass is 35.5. The third kappa shape index (κ3) is 20.7. The Morgan fingerprint density at radius 1 is 0.680 bits per heavy atom. The van der Waals surface area contributed by atoms with Gasteiger partial charge in [-0.25, -0.2) is 14.8 Å². The van der Waals surface area contributed by atoms with Crippen molar-refractivity contribution in [2.75, 3.05) is 63.1 Å². The van der Waals surface area contributed by atoms with Crippen LogP contribution < -0.4 is 21.4 Å². The highest BCUT2D eigenvalue weighted by molar-refractivity contribution is 6.59. The second-order valence-corrected chi connectivity index (χ2v) is 19.9. The summed E-state index contributed by atoms with van der Waals surface area (Å²) in [6.45, 7) is 7.37. The van der Waals surface area contributed by atoms with Crippen LogP contribution >= 0.6 is 24.8 Å². The number of halogens is 2. The maximum absolute atomic E-state index is 12.2. The van der Waals surface area contributed by atoms with Crippen LogP contribution in [0.15, 0.2) is 72.8 Å². The van der Waals surface area contributed by atoms with E-state index >= 15 is 0 Å². The van der Waals surface area contributed by atoms with E-state index in [0.717, 1.165) is 114 Å². The van der Waals surface area contributed by atoms with E-state index in [2.05, 4.69) is 51.2 Å². The van der Waals surface area contributed by atoms with Crippen LogP contribution in [0.5, 0.6) is 0 Å². The number of carboxylic acid groups (broad SMARTS) is 2. The minimum absolute atomic E-state index is 0. The molecule has 0 spiro atoms. The molecule has 0 radical (unpaired) electrons. The first-order valence-electron chi connectivity index (χ1n) is 26.7. The summed E-state index contributed by atoms with van der Waals surface area (Å²) >= 11 is 0. The maximum atomic E-state index is 12.2. The molecule has 75 heavy (non-hydrogen) atoms. The summed E-state index contributed by atoms with van der Waals surface area (Å²) in [5.74, 6) is 1.14. The molecule has 412 valence electrons. The molecule has 6 aliphatic rings. The van der Waals surface area contributed by atoms with E-state index in [9.17, 15) is 9.90 Å². The molecule has 3 atom stereocenters. The predicted molar refractivity (Wildman–Crippen MR) is 302 cm³/mol. The van der Waals surface area contributed by atoms with Gasteiger partial charge in [-0.3, -0.25) is 14.5 Å². The van der Waals surface area contributed by atoms with Gasteiger partial charge in [0.05, 0.1) is 12.2 Å². The van der Waals surface area contributed by atoms with Gasteiger partial charge in [-0.15, -0.1) is 24.8 Å². The lowest BCUT2D eigenvalue weighted by atomic mass is 9.76. The number of anilines is 2. The Morgan fingerprint density at radius 2 is 1.21 bits per heavy atom. The molecule has 1 unspecified atom stereocenters. The summed E-state index contributed by atoms with van der Waals surface area (Å²) in [4.78, 5) is 41.8. The summed E-state index contributed by atoms with van der Waals surface area (Å²) < 4.78 is 12.0. The molecule has 4 fully saturated rings. The SMILES string of the molecule is C.Cl.Cl.O=C(O)C(c1ccccc1C1CC1)N1CC[C@@H](OCCCCCc2ccc3c(n2)NCCC3)C1.O=CC(=O)O.OB(O)c1ccccc1C1CC1.c1cc2c(nc1CCCCCO[C@@H]1CCNC1)NCCC2. The highest BCUT2D eigenvalue weighted by Gasteiger charge is 2.37. The van der Waals surface area contributed by atoms with Crippen molar-refractivity contribution in [2.45, 2.75) is 153 Å². The lowest BCUT2D eigenvalue weighted by Crippen LogP contribution is -2.34. The van der Waals surface area contributed by atoms with E-state index < -0.39 is 25.1 Å². The van der Waals surface area contributed by atoms with Gasteiger partial charge in [0.2, 0.25) is 6.29 Å². The number of aryl methyl sites for hydroxylation is 4. The number of hydrogen-bond donors (Lipinski definition) is 7. The molecule has 6 heterocycles. The van der Waals surface area contributed by atoms with Crippen LogP contribution in [-0.2, 0) is 49.5 Å². The first-order valence-corrected chi connectivity index (χ1v) is 26.7. The van der Waals surface area contributed by atoms with Crippen LogP contribution in [0.2, 0.25) is 0 Å². The van der Waals surface area contributed by atoms with Gasteiger partial charge < -0.3 is 45.7 Å². The Labute approximate surface area is 457 Å². The molecule has 4 aromatic rings. The van der Waals surface area contributed by atoms with Crippen LogP contribution in [0.1, 0.15) is 154 Å². The second-order valence-electron chi connectivity index (χ2n) is 19.9. The minimum Gasteiger partial charge on any atom is -0.480 e. The molecule has 0 bridgehead atoms. The number of fused-ring (bicyclic) bond motifs is 2. The zero-order valence-corrected chi connectivity index (χ0v) is 44.5. The smallest absolute Gasteiger partial charge is 0.480 e. The number of pyridine rings is 2. The molecule has 4 aliphatic heterocycles. The Bertz CT molecular complexity index is 2320. The molecule has 2 saturated carbocycles. The van der Waals surface area contributed by atoms with Crippen molar-refractivity contribution in [3.8, 4) is 0 Å². The molecule has 15 nitrogen and oxygen atoms in total. The van der Waals surface area contributed by atoms with Crippen LogP contribution in [0.4, 0.5) is 11.6 Å². The summed E-state index contributed by atoms with van der Waals surface area (Å²) in [6.07, 6.45) is 20.9. The number of carbonyl (C=O) groups is 3. The largest absolute Gasteiger partial charge is 0.488 e. The monoisotopic (exact) mass is 1080 g/mol. The summed E-state index contributed by atoms with van der Waals surface area (Å²) in [5, 5.41) is 45.6. The van der Waals surface area contributed by atoms with Gasteiger partial charge in [0, 0.05) is 57.3 Å². The fraction of sp³-hybridized carbons (Fsp3) is 0.561. The number of carboxylic acids is 2. The van der Waals surface area contributed by atoms with E-state index in [1.165, 1.54) is 98.7 Å². The standard InChI is InChI=1S/C28H37N3O3.C17H27N3O.C9H11BO2.C2H2O3.CH4.2ClH/c32-28(33)26(25-10-4-3-9-24(25)20-11-12-20)31-17-15-23(19-31)34-18-5-1-2-8-22-14-13-21-7-6-16-29-27(21)30-22;1(3-12-21-16-9-11-18-13-16)2-6-15-8-7-14-5-4-10-19-17(14)20-15;11-10(12)9-4-2-1-3-8(9)7-5-6-7;3-1-2(4)5;;;/h3-4,9-10,13-14,20,23,26H,1-2,5-8,11-12,15-19H2,(H,29,30)(H,32,33);7-8,16,18H,1-6,9-13H2,(H,19,20);1-4,7,11-12H,5-6H2;1H,(H,4,5);1H4;2*1H/t23-,26?;16-;;;;;/m11...../s1. The Balaban J connectivity index is 0.000000252. The summed E-state index contributed by atoms with van der Waals surface area (Å²) in [5.41, 5.74) is 9.09. The van der Waals surface area contributed by atoms with Crippen molar-refractivity contribution < 1.29 is 44.1 Å². The molecular formula is C57H83BCl2N6O9.